The van der Waals surface area contributed by atoms with Gasteiger partial charge in [-0.05, 0) is 62.4 Å². The lowest BCUT2D eigenvalue weighted by molar-refractivity contribution is -0.0964. The molecule has 2 heterocycles. The minimum atomic E-state index is -0.811. The van der Waals surface area contributed by atoms with Crippen molar-refractivity contribution in [2.45, 2.75) is 57.7 Å². The highest BCUT2D eigenvalue weighted by molar-refractivity contribution is 9.10. The summed E-state index contributed by atoms with van der Waals surface area (Å²) >= 11 is 4.85. The average Bonchev–Trinajstić information content (AvgIpc) is 2.83. The summed E-state index contributed by atoms with van der Waals surface area (Å²) in [5, 5.41) is 13.6. The van der Waals surface area contributed by atoms with Gasteiger partial charge >= 0.3 is 6.09 Å². The fraction of sp³-hybridized carbons (Fsp3) is 0.750. The number of thiazole rings is 1. The van der Waals surface area contributed by atoms with Gasteiger partial charge in [0, 0.05) is 23.9 Å². The zero-order chi connectivity index (χ0) is 16.9. The summed E-state index contributed by atoms with van der Waals surface area (Å²) in [6.07, 6.45) is 3.01. The van der Waals surface area contributed by atoms with Crippen molar-refractivity contribution in [3.05, 3.63) is 15.0 Å². The second-order valence-corrected chi connectivity index (χ2v) is 9.51. The van der Waals surface area contributed by atoms with Crippen molar-refractivity contribution in [2.75, 3.05) is 13.1 Å². The Bertz CT molecular complexity index is 595. The SMILES string of the molecule is CC(C)(C)OC(=O)N1CC2(CCC(O)(c3nc(Br)cs3)CC2)C1. The van der Waals surface area contributed by atoms with Crippen LogP contribution in [0.15, 0.2) is 9.98 Å². The highest BCUT2D eigenvalue weighted by Crippen LogP contribution is 2.50. The van der Waals surface area contributed by atoms with Gasteiger partial charge in [-0.2, -0.15) is 0 Å². The molecule has 3 rings (SSSR count). The number of ether oxygens (including phenoxy) is 1. The Morgan fingerprint density at radius 2 is 1.96 bits per heavy atom. The number of carbonyl (C=O) groups excluding carboxylic acids is 1. The largest absolute Gasteiger partial charge is 0.444 e. The van der Waals surface area contributed by atoms with Crippen LogP contribution in [0.2, 0.25) is 0 Å². The van der Waals surface area contributed by atoms with Crippen LogP contribution in [0.4, 0.5) is 4.79 Å². The molecule has 2 aliphatic rings. The van der Waals surface area contributed by atoms with Crippen LogP contribution >= 0.6 is 27.3 Å². The fourth-order valence-electron chi connectivity index (χ4n) is 3.41. The molecule has 1 amide bonds. The third-order valence-electron chi connectivity index (χ3n) is 4.72. The molecule has 2 fully saturated rings. The highest BCUT2D eigenvalue weighted by atomic mass is 79.9. The van der Waals surface area contributed by atoms with Crippen LogP contribution in [-0.4, -0.2) is 39.8 Å². The molecule has 0 aromatic carbocycles. The minimum absolute atomic E-state index is 0.150. The predicted molar refractivity (Wildman–Crippen MR) is 92.4 cm³/mol. The van der Waals surface area contributed by atoms with Crippen molar-refractivity contribution in [1.82, 2.24) is 9.88 Å². The van der Waals surface area contributed by atoms with Crippen molar-refractivity contribution in [3.8, 4) is 0 Å². The van der Waals surface area contributed by atoms with Crippen molar-refractivity contribution in [1.29, 1.82) is 0 Å². The highest BCUT2D eigenvalue weighted by Gasteiger charge is 2.51. The number of aromatic nitrogens is 1. The van der Waals surface area contributed by atoms with Crippen LogP contribution in [0.1, 0.15) is 51.5 Å². The van der Waals surface area contributed by atoms with E-state index in [1.54, 1.807) is 4.90 Å². The average molecular weight is 403 g/mol. The molecule has 0 radical (unpaired) electrons. The third kappa shape index (κ3) is 3.56. The normalized spacial score (nSPS) is 22.7. The number of aliphatic hydroxyl groups is 1. The number of rotatable bonds is 1. The first-order valence-electron chi connectivity index (χ1n) is 7.93. The second kappa shape index (κ2) is 5.70. The second-order valence-electron chi connectivity index (χ2n) is 7.84. The zero-order valence-electron chi connectivity index (χ0n) is 13.8. The first-order chi connectivity index (χ1) is 10.6. The molecule has 7 heteroatoms. The Kier molecular flexibility index (Phi) is 4.26. The molecule has 1 aromatic heterocycles. The number of hydrogen-bond donors (Lipinski definition) is 1. The van der Waals surface area contributed by atoms with Crippen molar-refractivity contribution >= 4 is 33.4 Å². The molecule has 1 saturated heterocycles. The van der Waals surface area contributed by atoms with Crippen molar-refractivity contribution in [2.24, 2.45) is 5.41 Å². The quantitative estimate of drug-likeness (QED) is 0.773. The molecule has 1 aliphatic carbocycles. The lowest BCUT2D eigenvalue weighted by atomic mass is 9.64. The molecule has 0 unspecified atom stereocenters. The predicted octanol–water partition coefficient (Wildman–Crippen LogP) is 3.90. The molecule has 5 nitrogen and oxygen atoms in total. The number of amides is 1. The zero-order valence-corrected chi connectivity index (χ0v) is 16.2. The Morgan fingerprint density at radius 1 is 1.35 bits per heavy atom. The van der Waals surface area contributed by atoms with Gasteiger partial charge in [-0.15, -0.1) is 11.3 Å². The van der Waals surface area contributed by atoms with Gasteiger partial charge in [0.2, 0.25) is 0 Å². The van der Waals surface area contributed by atoms with Gasteiger partial charge in [0.1, 0.15) is 20.8 Å². The van der Waals surface area contributed by atoms with Crippen LogP contribution < -0.4 is 0 Å². The van der Waals surface area contributed by atoms with E-state index in [2.05, 4.69) is 20.9 Å². The maximum atomic E-state index is 12.1. The summed E-state index contributed by atoms with van der Waals surface area (Å²) in [5.41, 5.74) is -1.11. The topological polar surface area (TPSA) is 62.7 Å². The number of hydrogen-bond acceptors (Lipinski definition) is 5. The van der Waals surface area contributed by atoms with Crippen molar-refractivity contribution < 1.29 is 14.6 Å². The van der Waals surface area contributed by atoms with E-state index in [1.165, 1.54) is 11.3 Å². The van der Waals surface area contributed by atoms with Gasteiger partial charge in [-0.1, -0.05) is 0 Å². The minimum Gasteiger partial charge on any atom is -0.444 e. The third-order valence-corrected chi connectivity index (χ3v) is 6.46. The number of carbonyl (C=O) groups is 1. The van der Waals surface area contributed by atoms with E-state index < -0.39 is 11.2 Å². The monoisotopic (exact) mass is 402 g/mol. The Hall–Kier alpha value is -0.660. The lowest BCUT2D eigenvalue weighted by Gasteiger charge is -2.54. The molecule has 23 heavy (non-hydrogen) atoms. The molecule has 1 spiro atoms. The first kappa shape index (κ1) is 17.2. The molecule has 1 aliphatic heterocycles. The molecule has 128 valence electrons. The van der Waals surface area contributed by atoms with Crippen LogP contribution in [0.3, 0.4) is 0 Å². The van der Waals surface area contributed by atoms with Gasteiger partial charge in [0.25, 0.3) is 0 Å². The summed E-state index contributed by atoms with van der Waals surface area (Å²) in [4.78, 5) is 18.2. The van der Waals surface area contributed by atoms with Gasteiger partial charge in [-0.3, -0.25) is 0 Å². The van der Waals surface area contributed by atoms with Gasteiger partial charge < -0.3 is 14.7 Å². The van der Waals surface area contributed by atoms with E-state index in [0.29, 0.717) is 12.8 Å². The van der Waals surface area contributed by atoms with Gasteiger partial charge in [0.15, 0.2) is 0 Å². The van der Waals surface area contributed by atoms with Crippen LogP contribution in [0, 0.1) is 5.41 Å². The molecular weight excluding hydrogens is 380 g/mol. The Morgan fingerprint density at radius 3 is 2.43 bits per heavy atom. The molecule has 1 aromatic rings. The van der Waals surface area contributed by atoms with Crippen LogP contribution in [0.5, 0.6) is 0 Å². The standard InChI is InChI=1S/C16H23BrN2O3S/c1-14(2,3)22-13(20)19-9-15(10-19)4-6-16(21,7-5-15)12-18-11(17)8-23-12/h8,21H,4-7,9-10H2,1-3H3. The summed E-state index contributed by atoms with van der Waals surface area (Å²) in [7, 11) is 0. The van der Waals surface area contributed by atoms with Gasteiger partial charge in [-0.25, -0.2) is 9.78 Å². The molecule has 1 saturated carbocycles. The van der Waals surface area contributed by atoms with E-state index in [0.717, 1.165) is 35.5 Å². The molecule has 0 atom stereocenters. The molecular formula is C16H23BrN2O3S. The van der Waals surface area contributed by atoms with E-state index in [1.807, 2.05) is 26.2 Å². The Balaban J connectivity index is 1.55. The Labute approximate surface area is 149 Å². The summed E-state index contributed by atoms with van der Waals surface area (Å²) in [5.74, 6) is 0. The summed E-state index contributed by atoms with van der Waals surface area (Å²) in [6, 6.07) is 0. The maximum Gasteiger partial charge on any atom is 0.410 e. The lowest BCUT2D eigenvalue weighted by Crippen LogP contribution is -2.61. The summed E-state index contributed by atoms with van der Waals surface area (Å²) < 4.78 is 6.20. The van der Waals surface area contributed by atoms with E-state index in [4.69, 9.17) is 4.74 Å². The summed E-state index contributed by atoms with van der Waals surface area (Å²) in [6.45, 7) is 7.12. The maximum absolute atomic E-state index is 12.1. The van der Waals surface area contributed by atoms with Crippen LogP contribution in [-0.2, 0) is 10.3 Å². The first-order valence-corrected chi connectivity index (χ1v) is 9.60. The van der Waals surface area contributed by atoms with Gasteiger partial charge in [0.05, 0.1) is 0 Å². The molecule has 1 N–H and O–H groups in total. The number of nitrogens with zero attached hydrogens (tertiary/aromatic N) is 2. The van der Waals surface area contributed by atoms with Crippen molar-refractivity contribution in [3.63, 3.8) is 0 Å². The van der Waals surface area contributed by atoms with E-state index in [9.17, 15) is 9.90 Å². The van der Waals surface area contributed by atoms with E-state index >= 15 is 0 Å². The smallest absolute Gasteiger partial charge is 0.410 e. The fourth-order valence-corrected chi connectivity index (χ4v) is 4.82. The number of likely N-dealkylation sites (tertiary alicyclic amines) is 1. The van der Waals surface area contributed by atoms with Crippen LogP contribution in [0.25, 0.3) is 0 Å². The molecule has 0 bridgehead atoms. The van der Waals surface area contributed by atoms with E-state index in [-0.39, 0.29) is 11.5 Å². The number of halogens is 1.